The number of anilines is 1. The highest BCUT2D eigenvalue weighted by Gasteiger charge is 2.24. The normalized spacial score (nSPS) is 14.6. The van der Waals surface area contributed by atoms with Crippen molar-refractivity contribution in [2.45, 2.75) is 6.92 Å². The molecule has 144 valence electrons. The van der Waals surface area contributed by atoms with Gasteiger partial charge in [-0.25, -0.2) is 18.7 Å². The minimum absolute atomic E-state index is 0.0154. The molecule has 1 fully saturated rings. The van der Waals surface area contributed by atoms with Gasteiger partial charge in [-0.15, -0.1) is 0 Å². The summed E-state index contributed by atoms with van der Waals surface area (Å²) >= 11 is 6.36. The predicted molar refractivity (Wildman–Crippen MR) is 104 cm³/mol. The van der Waals surface area contributed by atoms with E-state index in [1.165, 1.54) is 31.5 Å². The fraction of sp³-hybridized carbons (Fsp3) is 0.250. The second-order valence-electron chi connectivity index (χ2n) is 6.61. The topological polar surface area (TPSA) is 49.3 Å². The number of benzene rings is 2. The van der Waals surface area contributed by atoms with E-state index in [-0.39, 0.29) is 27.6 Å². The lowest BCUT2D eigenvalue weighted by Gasteiger charge is -2.35. The summed E-state index contributed by atoms with van der Waals surface area (Å²) in [5.74, 6) is -0.666. The molecule has 0 aliphatic carbocycles. The minimum atomic E-state index is -0.682. The van der Waals surface area contributed by atoms with Crippen molar-refractivity contribution >= 4 is 34.2 Å². The molecule has 0 saturated carbocycles. The lowest BCUT2D eigenvalue weighted by Crippen LogP contribution is -2.48. The number of nitrogens with zero attached hydrogens (tertiary/aromatic N) is 4. The summed E-state index contributed by atoms with van der Waals surface area (Å²) in [6.07, 6.45) is 1.29. The summed E-state index contributed by atoms with van der Waals surface area (Å²) in [6.45, 7) is 3.80. The number of hydrogen-bond acceptors (Lipinski definition) is 4. The molecular formula is C20H17ClF2N4O. The number of hydrogen-bond donors (Lipinski definition) is 0. The number of carbonyl (C=O) groups is 1. The van der Waals surface area contributed by atoms with E-state index in [4.69, 9.17) is 11.6 Å². The van der Waals surface area contributed by atoms with Crippen LogP contribution in [-0.4, -0.2) is 47.0 Å². The molecule has 0 N–H and O–H groups in total. The molecule has 1 saturated heterocycles. The van der Waals surface area contributed by atoms with E-state index in [2.05, 4.69) is 9.97 Å². The number of piperazine rings is 1. The van der Waals surface area contributed by atoms with Crippen molar-refractivity contribution in [2.75, 3.05) is 31.1 Å². The summed E-state index contributed by atoms with van der Waals surface area (Å²) < 4.78 is 29.5. The maximum Gasteiger partial charge on any atom is 0.219 e. The highest BCUT2D eigenvalue weighted by Crippen LogP contribution is 2.38. The van der Waals surface area contributed by atoms with Crippen LogP contribution in [0, 0.1) is 11.6 Å². The van der Waals surface area contributed by atoms with Gasteiger partial charge in [0.15, 0.2) is 5.82 Å². The van der Waals surface area contributed by atoms with Crippen molar-refractivity contribution in [3.05, 3.63) is 53.3 Å². The molecule has 1 aliphatic heterocycles. The first-order valence-corrected chi connectivity index (χ1v) is 9.23. The van der Waals surface area contributed by atoms with Gasteiger partial charge in [-0.05, 0) is 12.1 Å². The Morgan fingerprint density at radius 3 is 2.50 bits per heavy atom. The third-order valence-electron chi connectivity index (χ3n) is 4.97. The number of aromatic nitrogens is 2. The van der Waals surface area contributed by atoms with Gasteiger partial charge in [0.25, 0.3) is 0 Å². The van der Waals surface area contributed by atoms with Crippen LogP contribution in [0.25, 0.3) is 22.0 Å². The van der Waals surface area contributed by atoms with Gasteiger partial charge >= 0.3 is 0 Å². The molecule has 1 amide bonds. The van der Waals surface area contributed by atoms with E-state index in [1.54, 1.807) is 17.0 Å². The Bertz CT molecular complexity index is 1070. The van der Waals surface area contributed by atoms with Crippen LogP contribution in [0.4, 0.5) is 14.6 Å². The van der Waals surface area contributed by atoms with Crippen molar-refractivity contribution in [3.8, 4) is 11.1 Å². The summed E-state index contributed by atoms with van der Waals surface area (Å²) in [5.41, 5.74) is 0.155. The molecule has 8 heteroatoms. The second kappa shape index (κ2) is 7.31. The maximum atomic E-state index is 15.3. The zero-order valence-corrected chi connectivity index (χ0v) is 15.9. The maximum absolute atomic E-state index is 15.3. The van der Waals surface area contributed by atoms with Crippen molar-refractivity contribution in [3.63, 3.8) is 0 Å². The summed E-state index contributed by atoms with van der Waals surface area (Å²) in [7, 11) is 0. The highest BCUT2D eigenvalue weighted by molar-refractivity contribution is 6.34. The first-order valence-electron chi connectivity index (χ1n) is 8.85. The first-order chi connectivity index (χ1) is 13.5. The van der Waals surface area contributed by atoms with Gasteiger partial charge in [0, 0.05) is 49.6 Å². The van der Waals surface area contributed by atoms with Gasteiger partial charge in [0.2, 0.25) is 5.91 Å². The lowest BCUT2D eigenvalue weighted by molar-refractivity contribution is -0.129. The fourth-order valence-electron chi connectivity index (χ4n) is 3.51. The number of amides is 1. The molecule has 28 heavy (non-hydrogen) atoms. The molecule has 0 atom stereocenters. The number of halogens is 3. The third kappa shape index (κ3) is 3.16. The molecule has 2 aromatic carbocycles. The largest absolute Gasteiger partial charge is 0.352 e. The van der Waals surface area contributed by atoms with E-state index >= 15 is 4.39 Å². The number of fused-ring (bicyclic) bond motifs is 1. The molecule has 3 aromatic rings. The third-order valence-corrected chi connectivity index (χ3v) is 5.27. The van der Waals surface area contributed by atoms with Crippen LogP contribution in [-0.2, 0) is 4.79 Å². The van der Waals surface area contributed by atoms with Gasteiger partial charge in [-0.1, -0.05) is 29.8 Å². The molecular weight excluding hydrogens is 386 g/mol. The van der Waals surface area contributed by atoms with Crippen LogP contribution in [0.1, 0.15) is 6.92 Å². The van der Waals surface area contributed by atoms with E-state index in [1.807, 2.05) is 4.90 Å². The Morgan fingerprint density at radius 2 is 1.82 bits per heavy atom. The van der Waals surface area contributed by atoms with Crippen molar-refractivity contribution in [2.24, 2.45) is 0 Å². The molecule has 4 rings (SSSR count). The Labute approximate surface area is 165 Å². The minimum Gasteiger partial charge on any atom is -0.352 e. The van der Waals surface area contributed by atoms with Crippen LogP contribution in [0.3, 0.4) is 0 Å². The Morgan fingerprint density at radius 1 is 1.11 bits per heavy atom. The van der Waals surface area contributed by atoms with Crippen LogP contribution in [0.2, 0.25) is 5.02 Å². The van der Waals surface area contributed by atoms with Gasteiger partial charge < -0.3 is 9.80 Å². The molecule has 5 nitrogen and oxygen atoms in total. The Hall–Kier alpha value is -2.80. The van der Waals surface area contributed by atoms with Crippen LogP contribution >= 0.6 is 11.6 Å². The molecule has 1 aromatic heterocycles. The average Bonchev–Trinajstić information content (AvgIpc) is 2.69. The van der Waals surface area contributed by atoms with Gasteiger partial charge in [-0.3, -0.25) is 4.79 Å². The van der Waals surface area contributed by atoms with Crippen LogP contribution in [0.5, 0.6) is 0 Å². The van der Waals surface area contributed by atoms with E-state index < -0.39 is 11.6 Å². The Balaban J connectivity index is 1.80. The highest BCUT2D eigenvalue weighted by atomic mass is 35.5. The van der Waals surface area contributed by atoms with Crippen molar-refractivity contribution in [1.82, 2.24) is 14.9 Å². The van der Waals surface area contributed by atoms with Crippen molar-refractivity contribution in [1.29, 1.82) is 0 Å². The van der Waals surface area contributed by atoms with E-state index in [9.17, 15) is 9.18 Å². The molecule has 2 heterocycles. The zero-order valence-electron chi connectivity index (χ0n) is 15.1. The second-order valence-corrected chi connectivity index (χ2v) is 7.02. The predicted octanol–water partition coefficient (Wildman–Crippen LogP) is 3.90. The van der Waals surface area contributed by atoms with E-state index in [0.717, 1.165) is 0 Å². The average molecular weight is 403 g/mol. The molecule has 0 unspecified atom stereocenters. The van der Waals surface area contributed by atoms with Gasteiger partial charge in [-0.2, -0.15) is 0 Å². The number of carbonyl (C=O) groups excluding carboxylic acids is 1. The lowest BCUT2D eigenvalue weighted by atomic mass is 10.0. The zero-order chi connectivity index (χ0) is 19.8. The standard InChI is InChI=1S/C20H17ClF2N4O/c1-12(28)26-6-8-27(9-7-26)20-14-10-15(21)17(13-4-2-3-5-16(13)22)18(23)19(14)24-11-25-20/h2-5,10-11H,6-9H2,1H3. The van der Waals surface area contributed by atoms with E-state index in [0.29, 0.717) is 37.4 Å². The molecule has 0 spiro atoms. The summed E-state index contributed by atoms with van der Waals surface area (Å²) in [5, 5.41) is 0.551. The molecule has 1 aliphatic rings. The molecule has 0 bridgehead atoms. The van der Waals surface area contributed by atoms with Gasteiger partial charge in [0.1, 0.15) is 23.5 Å². The Kier molecular flexibility index (Phi) is 4.85. The van der Waals surface area contributed by atoms with Crippen LogP contribution < -0.4 is 4.90 Å². The first kappa shape index (κ1) is 18.6. The fourth-order valence-corrected chi connectivity index (χ4v) is 3.81. The smallest absolute Gasteiger partial charge is 0.219 e. The monoisotopic (exact) mass is 402 g/mol. The molecule has 0 radical (unpaired) electrons. The number of rotatable bonds is 2. The van der Waals surface area contributed by atoms with Gasteiger partial charge in [0.05, 0.1) is 5.02 Å². The summed E-state index contributed by atoms with van der Waals surface area (Å²) in [6, 6.07) is 7.48. The van der Waals surface area contributed by atoms with Crippen LogP contribution in [0.15, 0.2) is 36.7 Å². The van der Waals surface area contributed by atoms with Crippen molar-refractivity contribution < 1.29 is 13.6 Å². The SMILES string of the molecule is CC(=O)N1CCN(c2ncnc3c(F)c(-c4ccccc4F)c(Cl)cc23)CC1. The summed E-state index contributed by atoms with van der Waals surface area (Å²) in [4.78, 5) is 23.6. The quantitative estimate of drug-likeness (QED) is 0.652.